The van der Waals surface area contributed by atoms with Crippen LogP contribution in [0.2, 0.25) is 0 Å². The van der Waals surface area contributed by atoms with Crippen molar-refractivity contribution < 1.29 is 4.79 Å². The van der Waals surface area contributed by atoms with Crippen LogP contribution in [0.4, 0.5) is 0 Å². The van der Waals surface area contributed by atoms with Crippen molar-refractivity contribution in [3.05, 3.63) is 0 Å². The number of nitrogens with zero attached hydrogens (tertiary/aromatic N) is 1. The predicted molar refractivity (Wildman–Crippen MR) is 67.4 cm³/mol. The number of fused-ring (bicyclic) bond motifs is 1. The first kappa shape index (κ1) is 11.5. The van der Waals surface area contributed by atoms with Gasteiger partial charge in [0.05, 0.1) is 0 Å². The van der Waals surface area contributed by atoms with Gasteiger partial charge in [-0.1, -0.05) is 19.3 Å². The van der Waals surface area contributed by atoms with E-state index in [1.165, 1.54) is 32.1 Å². The van der Waals surface area contributed by atoms with E-state index in [2.05, 4.69) is 4.90 Å². The monoisotopic (exact) mass is 236 g/mol. The van der Waals surface area contributed by atoms with Crippen molar-refractivity contribution in [3.63, 3.8) is 0 Å². The maximum Gasteiger partial charge on any atom is 0.224 e. The molecule has 2 saturated carbocycles. The van der Waals surface area contributed by atoms with E-state index in [0.29, 0.717) is 12.3 Å². The Morgan fingerprint density at radius 1 is 1.12 bits per heavy atom. The summed E-state index contributed by atoms with van der Waals surface area (Å²) in [7, 11) is 0. The van der Waals surface area contributed by atoms with Gasteiger partial charge in [0.15, 0.2) is 0 Å². The minimum Gasteiger partial charge on any atom is -0.342 e. The molecular weight excluding hydrogens is 212 g/mol. The molecule has 2 aliphatic carbocycles. The van der Waals surface area contributed by atoms with Crippen LogP contribution in [0.5, 0.6) is 0 Å². The van der Waals surface area contributed by atoms with Gasteiger partial charge in [0.1, 0.15) is 0 Å². The van der Waals surface area contributed by atoms with Crippen molar-refractivity contribution >= 4 is 5.91 Å². The van der Waals surface area contributed by atoms with E-state index < -0.39 is 0 Å². The largest absolute Gasteiger partial charge is 0.342 e. The Bertz CT molecular complexity index is 297. The van der Waals surface area contributed by atoms with E-state index in [0.717, 1.165) is 37.8 Å². The SMILES string of the molecule is NC1(CC(=O)N2CC3CCCC3C2)CCCC1. The third-order valence-electron chi connectivity index (χ3n) is 5.18. The molecule has 3 rings (SSSR count). The normalized spacial score (nSPS) is 35.2. The molecule has 0 aromatic rings. The minimum absolute atomic E-state index is 0.172. The molecular formula is C14H24N2O. The second kappa shape index (κ2) is 4.27. The van der Waals surface area contributed by atoms with Crippen molar-refractivity contribution in [2.24, 2.45) is 17.6 Å². The molecule has 0 aromatic carbocycles. The van der Waals surface area contributed by atoms with Gasteiger partial charge in [-0.3, -0.25) is 4.79 Å². The number of carbonyl (C=O) groups excluding carboxylic acids is 1. The van der Waals surface area contributed by atoms with Crippen LogP contribution in [-0.4, -0.2) is 29.4 Å². The van der Waals surface area contributed by atoms with Crippen LogP contribution in [0.25, 0.3) is 0 Å². The summed E-state index contributed by atoms with van der Waals surface area (Å²) in [5, 5.41) is 0. The molecule has 3 aliphatic rings. The molecule has 1 heterocycles. The second-order valence-corrected chi connectivity index (χ2v) is 6.50. The lowest BCUT2D eigenvalue weighted by Crippen LogP contribution is -2.43. The van der Waals surface area contributed by atoms with E-state index in [-0.39, 0.29) is 5.54 Å². The fourth-order valence-electron chi connectivity index (χ4n) is 4.11. The zero-order chi connectivity index (χ0) is 11.9. The molecule has 0 spiro atoms. The van der Waals surface area contributed by atoms with Crippen molar-refractivity contribution in [1.29, 1.82) is 0 Å². The highest BCUT2D eigenvalue weighted by Crippen LogP contribution is 2.38. The van der Waals surface area contributed by atoms with Gasteiger partial charge in [-0.25, -0.2) is 0 Å². The Hall–Kier alpha value is -0.570. The molecule has 0 radical (unpaired) electrons. The lowest BCUT2D eigenvalue weighted by molar-refractivity contribution is -0.131. The highest BCUT2D eigenvalue weighted by Gasteiger charge is 2.40. The molecule has 96 valence electrons. The molecule has 0 aromatic heterocycles. The smallest absolute Gasteiger partial charge is 0.224 e. The Balaban J connectivity index is 1.56. The summed E-state index contributed by atoms with van der Waals surface area (Å²) < 4.78 is 0. The lowest BCUT2D eigenvalue weighted by Gasteiger charge is -2.26. The fraction of sp³-hybridized carbons (Fsp3) is 0.929. The van der Waals surface area contributed by atoms with Gasteiger partial charge in [0.2, 0.25) is 5.91 Å². The standard InChI is InChI=1S/C14H24N2O/c15-14(6-1-2-7-14)8-13(17)16-9-11-4-3-5-12(11)10-16/h11-12H,1-10,15H2. The first-order valence-electron chi connectivity index (χ1n) is 7.23. The molecule has 3 heteroatoms. The van der Waals surface area contributed by atoms with Crippen LogP contribution in [0, 0.1) is 11.8 Å². The summed E-state index contributed by atoms with van der Waals surface area (Å²) in [6.07, 6.45) is 9.12. The number of amides is 1. The molecule has 0 bridgehead atoms. The first-order valence-corrected chi connectivity index (χ1v) is 7.23. The summed E-state index contributed by atoms with van der Waals surface area (Å²) in [6.45, 7) is 2.03. The van der Waals surface area contributed by atoms with E-state index in [1.807, 2.05) is 0 Å². The molecule has 3 fully saturated rings. The summed E-state index contributed by atoms with van der Waals surface area (Å²) in [5.74, 6) is 1.93. The summed E-state index contributed by atoms with van der Waals surface area (Å²) >= 11 is 0. The number of hydrogen-bond donors (Lipinski definition) is 1. The maximum atomic E-state index is 12.3. The molecule has 2 unspecified atom stereocenters. The third-order valence-corrected chi connectivity index (χ3v) is 5.18. The quantitative estimate of drug-likeness (QED) is 0.796. The molecule has 1 aliphatic heterocycles. The Labute approximate surface area is 104 Å². The predicted octanol–water partition coefficient (Wildman–Crippen LogP) is 1.91. The summed E-state index contributed by atoms with van der Waals surface area (Å²) in [5.41, 5.74) is 6.12. The van der Waals surface area contributed by atoms with E-state index >= 15 is 0 Å². The average Bonchev–Trinajstić information content (AvgIpc) is 2.91. The van der Waals surface area contributed by atoms with Gasteiger partial charge >= 0.3 is 0 Å². The molecule has 2 atom stereocenters. The summed E-state index contributed by atoms with van der Waals surface area (Å²) in [6, 6.07) is 0. The van der Waals surface area contributed by atoms with Crippen LogP contribution in [-0.2, 0) is 4.79 Å². The fourth-order valence-corrected chi connectivity index (χ4v) is 4.11. The van der Waals surface area contributed by atoms with Crippen LogP contribution in [0.15, 0.2) is 0 Å². The molecule has 1 amide bonds. The number of nitrogens with two attached hydrogens (primary N) is 1. The second-order valence-electron chi connectivity index (χ2n) is 6.50. The highest BCUT2D eigenvalue weighted by molar-refractivity contribution is 5.77. The molecule has 2 N–H and O–H groups in total. The van der Waals surface area contributed by atoms with Crippen LogP contribution < -0.4 is 5.73 Å². The Morgan fingerprint density at radius 2 is 1.71 bits per heavy atom. The zero-order valence-electron chi connectivity index (χ0n) is 10.7. The van der Waals surface area contributed by atoms with Crippen molar-refractivity contribution in [1.82, 2.24) is 4.90 Å². The number of rotatable bonds is 2. The average molecular weight is 236 g/mol. The van der Waals surface area contributed by atoms with Crippen molar-refractivity contribution in [3.8, 4) is 0 Å². The van der Waals surface area contributed by atoms with Gasteiger partial charge < -0.3 is 10.6 Å². The first-order chi connectivity index (χ1) is 8.16. The van der Waals surface area contributed by atoms with Gasteiger partial charge in [0.25, 0.3) is 0 Å². The molecule has 3 nitrogen and oxygen atoms in total. The van der Waals surface area contributed by atoms with Gasteiger partial charge in [0, 0.05) is 25.0 Å². The van der Waals surface area contributed by atoms with Crippen LogP contribution in [0.1, 0.15) is 51.4 Å². The van der Waals surface area contributed by atoms with Crippen molar-refractivity contribution in [2.75, 3.05) is 13.1 Å². The van der Waals surface area contributed by atoms with E-state index in [4.69, 9.17) is 5.73 Å². The Morgan fingerprint density at radius 3 is 2.29 bits per heavy atom. The van der Waals surface area contributed by atoms with Gasteiger partial charge in [-0.05, 0) is 37.5 Å². The molecule has 1 saturated heterocycles. The summed E-state index contributed by atoms with van der Waals surface area (Å²) in [4.78, 5) is 14.4. The number of hydrogen-bond acceptors (Lipinski definition) is 2. The van der Waals surface area contributed by atoms with Crippen LogP contribution >= 0.6 is 0 Å². The van der Waals surface area contributed by atoms with Crippen molar-refractivity contribution in [2.45, 2.75) is 56.9 Å². The van der Waals surface area contributed by atoms with Gasteiger partial charge in [-0.2, -0.15) is 0 Å². The third kappa shape index (κ3) is 2.22. The lowest BCUT2D eigenvalue weighted by atomic mass is 9.94. The van der Waals surface area contributed by atoms with E-state index in [9.17, 15) is 4.79 Å². The number of carbonyl (C=O) groups is 1. The van der Waals surface area contributed by atoms with E-state index in [1.54, 1.807) is 0 Å². The topological polar surface area (TPSA) is 46.3 Å². The Kier molecular flexibility index (Phi) is 2.89. The number of likely N-dealkylation sites (tertiary alicyclic amines) is 1. The minimum atomic E-state index is -0.172. The van der Waals surface area contributed by atoms with Crippen LogP contribution in [0.3, 0.4) is 0 Å². The van der Waals surface area contributed by atoms with Gasteiger partial charge in [-0.15, -0.1) is 0 Å². The maximum absolute atomic E-state index is 12.3. The molecule has 17 heavy (non-hydrogen) atoms. The zero-order valence-corrected chi connectivity index (χ0v) is 10.7. The highest BCUT2D eigenvalue weighted by atomic mass is 16.2.